The fourth-order valence-corrected chi connectivity index (χ4v) is 9.53. The van der Waals surface area contributed by atoms with Crippen molar-refractivity contribution in [1.82, 2.24) is 8.97 Å². The normalized spacial score (nSPS) is 17.0. The molecule has 0 N–H and O–H groups in total. The van der Waals surface area contributed by atoms with Gasteiger partial charge in [0.2, 0.25) is 5.69 Å². The minimum Gasteiger partial charge on any atom is -0.422 e. The molecule has 5 aromatic carbocycles. The number of para-hydroxylation sites is 1. The molecule has 3 aliphatic rings. The number of hydrogen-bond acceptors (Lipinski definition) is 1. The van der Waals surface area contributed by atoms with Crippen molar-refractivity contribution in [1.29, 1.82) is 0 Å². The molecule has 10 aromatic rings. The third-order valence-corrected chi connectivity index (χ3v) is 11.0. The zero-order chi connectivity index (χ0) is 29.5. The highest BCUT2D eigenvalue weighted by Gasteiger charge is 2.67. The van der Waals surface area contributed by atoms with Crippen LogP contribution in [0.15, 0.2) is 134 Å². The Morgan fingerprint density at radius 1 is 0.565 bits per heavy atom. The van der Waals surface area contributed by atoms with Crippen molar-refractivity contribution >= 4 is 70.7 Å². The molecule has 0 saturated carbocycles. The second-order valence-corrected chi connectivity index (χ2v) is 12.9. The summed E-state index contributed by atoms with van der Waals surface area (Å²) in [5.74, 6) is 2.89. The van der Waals surface area contributed by atoms with E-state index < -0.39 is 5.66 Å². The second-order valence-electron chi connectivity index (χ2n) is 12.9. The van der Waals surface area contributed by atoms with Crippen LogP contribution in [-0.4, -0.2) is 8.97 Å². The molecular formula is C41H22N4O+2. The Morgan fingerprint density at radius 2 is 1.30 bits per heavy atom. The van der Waals surface area contributed by atoms with Crippen LogP contribution in [-0.2, 0) is 5.66 Å². The zero-order valence-electron chi connectivity index (χ0n) is 24.4. The highest BCUT2D eigenvalue weighted by molar-refractivity contribution is 6.27. The number of rotatable bonds is 0. The summed E-state index contributed by atoms with van der Waals surface area (Å²) in [7, 11) is 0. The molecule has 46 heavy (non-hydrogen) atoms. The van der Waals surface area contributed by atoms with Gasteiger partial charge in [-0.2, -0.15) is 13.5 Å². The predicted octanol–water partition coefficient (Wildman–Crippen LogP) is 8.25. The van der Waals surface area contributed by atoms with Gasteiger partial charge in [-0.3, -0.25) is 0 Å². The van der Waals surface area contributed by atoms with E-state index in [0.717, 1.165) is 23.1 Å². The van der Waals surface area contributed by atoms with Crippen molar-refractivity contribution in [2.24, 2.45) is 0 Å². The first-order valence-corrected chi connectivity index (χ1v) is 15.9. The zero-order valence-corrected chi connectivity index (χ0v) is 24.4. The Hall–Kier alpha value is -6.20. The molecule has 1 unspecified atom stereocenters. The standard InChI is InChI=1S/C41H22N4O/c1-2-10-24-23(9-1)16-17-26-30-19-21-34-45-40(30)44-37(35(24)26)27-12-3-4-13-29(27)39(44)41(45)36-32(46-34)20-18-28-25-11-5-6-14-31(25)43(38(28)36)33-15-7-8-22-42(33)41/h1-22H/q+2. The van der Waals surface area contributed by atoms with E-state index in [9.17, 15) is 0 Å². The second kappa shape index (κ2) is 7.03. The SMILES string of the molecule is c1cc[n+]2c(c1)-n1c3ccccc3c3ccc4c(c31)C21c2c3ccccc3c3c5c6ccccc6ccc5c5ccc([n+]1c5n23)O4. The van der Waals surface area contributed by atoms with E-state index in [1.165, 1.54) is 76.3 Å². The predicted molar refractivity (Wildman–Crippen MR) is 180 cm³/mol. The van der Waals surface area contributed by atoms with Crippen LogP contribution in [0.2, 0.25) is 0 Å². The van der Waals surface area contributed by atoms with E-state index in [0.29, 0.717) is 0 Å². The third kappa shape index (κ3) is 2.08. The summed E-state index contributed by atoms with van der Waals surface area (Å²) >= 11 is 0. The van der Waals surface area contributed by atoms with Crippen LogP contribution in [0.3, 0.4) is 0 Å². The van der Waals surface area contributed by atoms with E-state index in [1.807, 2.05) is 0 Å². The average molecular weight is 587 g/mol. The monoisotopic (exact) mass is 586 g/mol. The largest absolute Gasteiger partial charge is 0.422 e. The highest BCUT2D eigenvalue weighted by atomic mass is 16.5. The van der Waals surface area contributed by atoms with Gasteiger partial charge in [-0.1, -0.05) is 66.7 Å². The first-order chi connectivity index (χ1) is 22.9. The molecule has 1 atom stereocenters. The van der Waals surface area contributed by atoms with Crippen molar-refractivity contribution in [3.63, 3.8) is 0 Å². The number of benzene rings is 5. The van der Waals surface area contributed by atoms with Gasteiger partial charge < -0.3 is 4.74 Å². The molecule has 0 saturated heterocycles. The summed E-state index contributed by atoms with van der Waals surface area (Å²) in [6.45, 7) is 0. The number of aromatic nitrogens is 4. The van der Waals surface area contributed by atoms with Crippen molar-refractivity contribution in [2.45, 2.75) is 5.66 Å². The smallest absolute Gasteiger partial charge is 0.354 e. The number of pyridine rings is 3. The summed E-state index contributed by atoms with van der Waals surface area (Å²) in [5.41, 5.74) is 6.56. The van der Waals surface area contributed by atoms with E-state index in [1.54, 1.807) is 0 Å². The van der Waals surface area contributed by atoms with Gasteiger partial charge >= 0.3 is 11.3 Å². The Kier molecular flexibility index (Phi) is 3.41. The minimum absolute atomic E-state index is 0.718. The minimum atomic E-state index is -0.718. The van der Waals surface area contributed by atoms with Crippen molar-refractivity contribution in [3.05, 3.63) is 145 Å². The van der Waals surface area contributed by atoms with Gasteiger partial charge in [-0.15, -0.1) is 4.57 Å². The first-order valence-electron chi connectivity index (χ1n) is 15.9. The van der Waals surface area contributed by atoms with Crippen LogP contribution in [0.5, 0.6) is 11.6 Å². The van der Waals surface area contributed by atoms with Crippen LogP contribution in [0.1, 0.15) is 11.3 Å². The lowest BCUT2D eigenvalue weighted by atomic mass is 9.87. The Balaban J connectivity index is 1.40. The maximum absolute atomic E-state index is 6.95. The summed E-state index contributed by atoms with van der Waals surface area (Å²) in [5, 5.41) is 11.3. The first kappa shape index (κ1) is 22.3. The Morgan fingerprint density at radius 3 is 2.24 bits per heavy atom. The summed E-state index contributed by atoms with van der Waals surface area (Å²) in [6, 6.07) is 46.7. The van der Waals surface area contributed by atoms with Gasteiger partial charge in [0.05, 0.1) is 11.6 Å². The Bertz CT molecular complexity index is 3130. The lowest BCUT2D eigenvalue weighted by Crippen LogP contribution is -2.76. The number of fused-ring (bicyclic) bond motifs is 13. The molecule has 0 amide bonds. The molecule has 0 bridgehead atoms. The fourth-order valence-electron chi connectivity index (χ4n) is 9.53. The molecule has 5 nitrogen and oxygen atoms in total. The van der Waals surface area contributed by atoms with E-state index in [4.69, 9.17) is 4.74 Å². The number of ether oxygens (including phenoxy) is 1. The topological polar surface area (TPSA) is 26.3 Å². The van der Waals surface area contributed by atoms with Crippen molar-refractivity contribution < 1.29 is 13.9 Å². The summed E-state index contributed by atoms with van der Waals surface area (Å²) in [6.07, 6.45) is 2.27. The number of hydrogen-bond donors (Lipinski definition) is 0. The quantitative estimate of drug-likeness (QED) is 0.130. The lowest BCUT2D eigenvalue weighted by Gasteiger charge is -2.34. The molecule has 0 radical (unpaired) electrons. The molecule has 210 valence electrons. The van der Waals surface area contributed by atoms with Gasteiger partial charge in [-0.25, -0.2) is 0 Å². The molecule has 0 fully saturated rings. The summed E-state index contributed by atoms with van der Waals surface area (Å²) in [4.78, 5) is 0. The van der Waals surface area contributed by atoms with Crippen LogP contribution < -0.4 is 13.9 Å². The van der Waals surface area contributed by atoms with Gasteiger partial charge in [0, 0.05) is 44.5 Å². The molecular weight excluding hydrogens is 564 g/mol. The molecule has 5 heteroatoms. The number of nitrogens with zero attached hydrogens (tertiary/aromatic N) is 4. The van der Waals surface area contributed by atoms with Crippen LogP contribution >= 0.6 is 0 Å². The van der Waals surface area contributed by atoms with Crippen molar-refractivity contribution in [3.8, 4) is 17.4 Å². The molecule has 8 heterocycles. The van der Waals surface area contributed by atoms with Crippen molar-refractivity contribution in [2.75, 3.05) is 0 Å². The molecule has 3 aliphatic heterocycles. The van der Waals surface area contributed by atoms with Crippen LogP contribution in [0.4, 0.5) is 0 Å². The van der Waals surface area contributed by atoms with Gasteiger partial charge in [0.25, 0.3) is 11.7 Å². The van der Waals surface area contributed by atoms with Gasteiger partial charge in [0.1, 0.15) is 22.3 Å². The van der Waals surface area contributed by atoms with Gasteiger partial charge in [0.15, 0.2) is 5.52 Å². The highest BCUT2D eigenvalue weighted by Crippen LogP contribution is 2.55. The molecule has 1 spiro atoms. The Labute approximate surface area is 260 Å². The van der Waals surface area contributed by atoms with Gasteiger partial charge in [-0.05, 0) is 59.3 Å². The van der Waals surface area contributed by atoms with E-state index in [-0.39, 0.29) is 0 Å². The maximum atomic E-state index is 6.95. The maximum Gasteiger partial charge on any atom is 0.354 e. The third-order valence-electron chi connectivity index (χ3n) is 11.0. The van der Waals surface area contributed by atoms with Crippen LogP contribution in [0.25, 0.3) is 76.5 Å². The summed E-state index contributed by atoms with van der Waals surface area (Å²) < 4.78 is 17.0. The average Bonchev–Trinajstić information content (AvgIpc) is 3.75. The molecule has 5 aromatic heterocycles. The van der Waals surface area contributed by atoms with Crippen LogP contribution in [0, 0.1) is 0 Å². The fraction of sp³-hybridized carbons (Fsp3) is 0.0244. The molecule has 13 rings (SSSR count). The lowest BCUT2D eigenvalue weighted by molar-refractivity contribution is -0.958. The van der Waals surface area contributed by atoms with E-state index in [2.05, 4.69) is 152 Å². The van der Waals surface area contributed by atoms with E-state index >= 15 is 0 Å². The molecule has 0 aliphatic carbocycles.